The molecule has 0 aliphatic carbocycles. The van der Waals surface area contributed by atoms with Gasteiger partial charge in [-0.2, -0.15) is 11.8 Å². The van der Waals surface area contributed by atoms with Crippen LogP contribution in [0.5, 0.6) is 0 Å². The van der Waals surface area contributed by atoms with Gasteiger partial charge in [-0.05, 0) is 36.1 Å². The minimum absolute atomic E-state index is 0.156. The topological polar surface area (TPSA) is 59.0 Å². The summed E-state index contributed by atoms with van der Waals surface area (Å²) in [6.45, 7) is 1.58. The first-order valence-corrected chi connectivity index (χ1v) is 10.7. The molecule has 3 rings (SSSR count). The molecule has 146 valence electrons. The van der Waals surface area contributed by atoms with Crippen LogP contribution in [0.1, 0.15) is 24.0 Å². The standard InChI is InChI=1S/C22H26N4OS/c27-22(24-11-4-5-13-26-14-12-23-18-26)25-21-10-6-9-20(15-21)17-28-16-19-7-2-1-3-8-19/h1-3,6-10,12,14-15,18H,4-5,11,13,16-17H2,(H2,24,25,27). The molecule has 0 aliphatic heterocycles. The monoisotopic (exact) mass is 394 g/mol. The molecular weight excluding hydrogens is 368 g/mol. The Labute approximate surface area is 170 Å². The molecule has 0 spiro atoms. The number of imidazole rings is 1. The molecule has 2 N–H and O–H groups in total. The van der Waals surface area contributed by atoms with E-state index in [1.807, 2.05) is 53.1 Å². The van der Waals surface area contributed by atoms with Gasteiger partial charge < -0.3 is 15.2 Å². The van der Waals surface area contributed by atoms with Crippen LogP contribution in [0.3, 0.4) is 0 Å². The average molecular weight is 395 g/mol. The summed E-state index contributed by atoms with van der Waals surface area (Å²) in [5.41, 5.74) is 3.36. The molecule has 1 heterocycles. The summed E-state index contributed by atoms with van der Waals surface area (Å²) in [6, 6.07) is 18.3. The number of hydrogen-bond donors (Lipinski definition) is 2. The van der Waals surface area contributed by atoms with Gasteiger partial charge in [-0.1, -0.05) is 42.5 Å². The van der Waals surface area contributed by atoms with Crippen molar-refractivity contribution in [3.8, 4) is 0 Å². The summed E-state index contributed by atoms with van der Waals surface area (Å²) >= 11 is 1.87. The van der Waals surface area contributed by atoms with Gasteiger partial charge in [0.2, 0.25) is 0 Å². The highest BCUT2D eigenvalue weighted by atomic mass is 32.2. The fourth-order valence-electron chi connectivity index (χ4n) is 2.82. The Morgan fingerprint density at radius 3 is 2.64 bits per heavy atom. The lowest BCUT2D eigenvalue weighted by molar-refractivity contribution is 0.252. The number of benzene rings is 2. The van der Waals surface area contributed by atoms with E-state index in [4.69, 9.17) is 0 Å². The van der Waals surface area contributed by atoms with Gasteiger partial charge >= 0.3 is 6.03 Å². The summed E-state index contributed by atoms with van der Waals surface area (Å²) in [5.74, 6) is 1.90. The highest BCUT2D eigenvalue weighted by Gasteiger charge is 2.03. The highest BCUT2D eigenvalue weighted by Crippen LogP contribution is 2.20. The summed E-state index contributed by atoms with van der Waals surface area (Å²) < 4.78 is 2.04. The van der Waals surface area contributed by atoms with Gasteiger partial charge in [-0.25, -0.2) is 9.78 Å². The molecule has 0 saturated carbocycles. The second kappa shape index (κ2) is 11.2. The number of amides is 2. The zero-order valence-electron chi connectivity index (χ0n) is 15.9. The van der Waals surface area contributed by atoms with E-state index in [2.05, 4.69) is 45.9 Å². The van der Waals surface area contributed by atoms with E-state index in [0.717, 1.165) is 36.6 Å². The van der Waals surface area contributed by atoms with E-state index in [-0.39, 0.29) is 6.03 Å². The van der Waals surface area contributed by atoms with Gasteiger partial charge in [0, 0.05) is 42.7 Å². The smallest absolute Gasteiger partial charge is 0.319 e. The SMILES string of the molecule is O=C(NCCCCn1ccnc1)Nc1cccc(CSCc2ccccc2)c1. The maximum atomic E-state index is 12.1. The van der Waals surface area contributed by atoms with Crippen LogP contribution in [0.2, 0.25) is 0 Å². The van der Waals surface area contributed by atoms with E-state index in [0.29, 0.717) is 6.54 Å². The second-order valence-corrected chi connectivity index (χ2v) is 7.55. The fourth-order valence-corrected chi connectivity index (χ4v) is 3.76. The van der Waals surface area contributed by atoms with Gasteiger partial charge in [-0.15, -0.1) is 0 Å². The number of aryl methyl sites for hydroxylation is 1. The lowest BCUT2D eigenvalue weighted by Crippen LogP contribution is -2.29. The Kier molecular flexibility index (Phi) is 8.00. The van der Waals surface area contributed by atoms with Crippen LogP contribution in [0.15, 0.2) is 73.3 Å². The van der Waals surface area contributed by atoms with Crippen LogP contribution < -0.4 is 10.6 Å². The Bertz CT molecular complexity index is 837. The van der Waals surface area contributed by atoms with Gasteiger partial charge in [0.25, 0.3) is 0 Å². The maximum Gasteiger partial charge on any atom is 0.319 e. The summed E-state index contributed by atoms with van der Waals surface area (Å²) in [5, 5.41) is 5.84. The second-order valence-electron chi connectivity index (χ2n) is 6.57. The number of aromatic nitrogens is 2. The van der Waals surface area contributed by atoms with Crippen molar-refractivity contribution in [3.63, 3.8) is 0 Å². The van der Waals surface area contributed by atoms with Crippen LogP contribution >= 0.6 is 11.8 Å². The number of carbonyl (C=O) groups excluding carboxylic acids is 1. The minimum Gasteiger partial charge on any atom is -0.338 e. The first kappa shape index (κ1) is 20.0. The molecule has 5 nitrogen and oxygen atoms in total. The van der Waals surface area contributed by atoms with E-state index < -0.39 is 0 Å². The van der Waals surface area contributed by atoms with Crippen molar-refractivity contribution in [2.45, 2.75) is 30.9 Å². The van der Waals surface area contributed by atoms with Crippen molar-refractivity contribution in [2.24, 2.45) is 0 Å². The molecule has 0 unspecified atom stereocenters. The molecule has 6 heteroatoms. The molecule has 3 aromatic rings. The first-order valence-electron chi connectivity index (χ1n) is 9.51. The van der Waals surface area contributed by atoms with E-state index >= 15 is 0 Å². The van der Waals surface area contributed by atoms with Crippen molar-refractivity contribution >= 4 is 23.5 Å². The number of anilines is 1. The van der Waals surface area contributed by atoms with Gasteiger partial charge in [0.05, 0.1) is 6.33 Å². The summed E-state index contributed by atoms with van der Waals surface area (Å²) in [4.78, 5) is 16.1. The van der Waals surface area contributed by atoms with E-state index in [1.165, 1.54) is 11.1 Å². The molecule has 0 atom stereocenters. The fraction of sp³-hybridized carbons (Fsp3) is 0.273. The zero-order chi connectivity index (χ0) is 19.4. The molecule has 0 bridgehead atoms. The third kappa shape index (κ3) is 7.12. The van der Waals surface area contributed by atoms with E-state index in [1.54, 1.807) is 6.20 Å². The lowest BCUT2D eigenvalue weighted by atomic mass is 10.2. The predicted octanol–water partition coefficient (Wildman–Crippen LogP) is 4.92. The molecule has 0 saturated heterocycles. The Morgan fingerprint density at radius 2 is 1.82 bits per heavy atom. The molecule has 0 radical (unpaired) electrons. The first-order chi connectivity index (χ1) is 13.8. The average Bonchev–Trinajstić information content (AvgIpc) is 3.22. The minimum atomic E-state index is -0.156. The predicted molar refractivity (Wildman–Crippen MR) is 116 cm³/mol. The number of thioether (sulfide) groups is 1. The zero-order valence-corrected chi connectivity index (χ0v) is 16.7. The third-order valence-electron chi connectivity index (χ3n) is 4.25. The summed E-state index contributed by atoms with van der Waals surface area (Å²) in [6.07, 6.45) is 7.48. The third-order valence-corrected chi connectivity index (χ3v) is 5.33. The molecule has 0 fully saturated rings. The Morgan fingerprint density at radius 1 is 1.00 bits per heavy atom. The lowest BCUT2D eigenvalue weighted by Gasteiger charge is -2.09. The number of nitrogens with zero attached hydrogens (tertiary/aromatic N) is 2. The number of rotatable bonds is 10. The molecular formula is C22H26N4OS. The quantitative estimate of drug-likeness (QED) is 0.480. The van der Waals surface area contributed by atoms with Gasteiger partial charge in [-0.3, -0.25) is 0 Å². The number of hydrogen-bond acceptors (Lipinski definition) is 3. The number of carbonyl (C=O) groups is 1. The van der Waals surface area contributed by atoms with Gasteiger partial charge in [0.1, 0.15) is 0 Å². The molecule has 28 heavy (non-hydrogen) atoms. The van der Waals surface area contributed by atoms with Crippen LogP contribution in [-0.2, 0) is 18.1 Å². The maximum absolute atomic E-state index is 12.1. The van der Waals surface area contributed by atoms with Crippen molar-refractivity contribution in [1.82, 2.24) is 14.9 Å². The Balaban J connectivity index is 1.34. The van der Waals surface area contributed by atoms with Gasteiger partial charge in [0.15, 0.2) is 0 Å². The highest BCUT2D eigenvalue weighted by molar-refractivity contribution is 7.97. The summed E-state index contributed by atoms with van der Waals surface area (Å²) in [7, 11) is 0. The molecule has 2 amide bonds. The number of urea groups is 1. The van der Waals surface area contributed by atoms with Crippen molar-refractivity contribution in [2.75, 3.05) is 11.9 Å². The Hall–Kier alpha value is -2.73. The van der Waals surface area contributed by atoms with Crippen molar-refractivity contribution in [3.05, 3.63) is 84.4 Å². The van der Waals surface area contributed by atoms with E-state index in [9.17, 15) is 4.79 Å². The van der Waals surface area contributed by atoms with Crippen molar-refractivity contribution < 1.29 is 4.79 Å². The van der Waals surface area contributed by atoms with Crippen LogP contribution in [0, 0.1) is 0 Å². The van der Waals surface area contributed by atoms with Crippen LogP contribution in [-0.4, -0.2) is 22.1 Å². The normalized spacial score (nSPS) is 10.6. The van der Waals surface area contributed by atoms with Crippen LogP contribution in [0.25, 0.3) is 0 Å². The van der Waals surface area contributed by atoms with Crippen molar-refractivity contribution in [1.29, 1.82) is 0 Å². The number of unbranched alkanes of at least 4 members (excludes halogenated alkanes) is 1. The molecule has 2 aromatic carbocycles. The number of nitrogens with one attached hydrogen (secondary N) is 2. The molecule has 0 aliphatic rings. The van der Waals surface area contributed by atoms with Crippen LogP contribution in [0.4, 0.5) is 10.5 Å². The largest absolute Gasteiger partial charge is 0.338 e. The molecule has 1 aromatic heterocycles.